The third kappa shape index (κ3) is 4.96. The van der Waals surface area contributed by atoms with Crippen LogP contribution >= 0.6 is 34.5 Å². The molecular formula is C22H15Cl2N3O3S. The van der Waals surface area contributed by atoms with Gasteiger partial charge >= 0.3 is 5.97 Å². The van der Waals surface area contributed by atoms with Gasteiger partial charge in [-0.1, -0.05) is 46.7 Å². The monoisotopic (exact) mass is 471 g/mol. The maximum Gasteiger partial charge on any atom is 0.347 e. The highest BCUT2D eigenvalue weighted by Gasteiger charge is 2.15. The quantitative estimate of drug-likeness (QED) is 0.309. The predicted molar refractivity (Wildman–Crippen MR) is 121 cm³/mol. The predicted octanol–water partition coefficient (Wildman–Crippen LogP) is 5.61. The first kappa shape index (κ1) is 21.1. The summed E-state index contributed by atoms with van der Waals surface area (Å²) in [7, 11) is 1.78. The number of nitrogens with zero attached hydrogens (tertiary/aromatic N) is 3. The zero-order chi connectivity index (χ0) is 22.0. The van der Waals surface area contributed by atoms with Gasteiger partial charge in [0.05, 0.1) is 5.69 Å². The number of esters is 1. The fourth-order valence-corrected chi connectivity index (χ4v) is 3.85. The number of phenols is 1. The number of carbonyl (C=O) groups is 1. The van der Waals surface area contributed by atoms with Gasteiger partial charge in [-0.15, -0.1) is 0 Å². The Hall–Kier alpha value is -3.13. The minimum absolute atomic E-state index is 0.00120. The molecule has 0 unspecified atom stereocenters. The van der Waals surface area contributed by atoms with E-state index in [1.807, 2.05) is 12.1 Å². The molecule has 0 radical (unpaired) electrons. The lowest BCUT2D eigenvalue weighted by Crippen LogP contribution is -2.11. The van der Waals surface area contributed by atoms with E-state index in [0.29, 0.717) is 26.3 Å². The number of rotatable bonds is 4. The summed E-state index contributed by atoms with van der Waals surface area (Å²) in [5.41, 5.74) is 1.40. The molecule has 0 aliphatic rings. The summed E-state index contributed by atoms with van der Waals surface area (Å²) in [6.07, 6.45) is 0. The molecule has 1 heterocycles. The Labute approximate surface area is 191 Å². The molecule has 1 aromatic heterocycles. The van der Waals surface area contributed by atoms with E-state index in [0.717, 1.165) is 10.6 Å². The minimum atomic E-state index is -0.701. The van der Waals surface area contributed by atoms with E-state index >= 15 is 0 Å². The first-order valence-electron chi connectivity index (χ1n) is 9.04. The summed E-state index contributed by atoms with van der Waals surface area (Å²) in [6.45, 7) is 0. The smallest absolute Gasteiger partial charge is 0.347 e. The molecule has 0 amide bonds. The van der Waals surface area contributed by atoms with E-state index in [-0.39, 0.29) is 11.3 Å². The third-order valence-electron chi connectivity index (χ3n) is 4.25. The van der Waals surface area contributed by atoms with Gasteiger partial charge in [0.15, 0.2) is 0 Å². The van der Waals surface area contributed by atoms with Gasteiger partial charge in [-0.25, -0.2) is 14.5 Å². The normalized spacial score (nSPS) is 11.5. The number of aromatic hydroxyl groups is 1. The first-order chi connectivity index (χ1) is 14.9. The largest absolute Gasteiger partial charge is 0.507 e. The number of carbonyl (C=O) groups excluding carboxylic acids is 1. The maximum absolute atomic E-state index is 12.5. The van der Waals surface area contributed by atoms with Crippen LogP contribution in [-0.2, 0) is 7.05 Å². The van der Waals surface area contributed by atoms with E-state index < -0.39 is 5.97 Å². The lowest BCUT2D eigenvalue weighted by atomic mass is 10.2. The number of aromatic nitrogens is 2. The molecule has 156 valence electrons. The van der Waals surface area contributed by atoms with Crippen LogP contribution in [0.15, 0.2) is 71.7 Å². The molecule has 4 aromatic rings. The van der Waals surface area contributed by atoms with Crippen LogP contribution in [0.1, 0.15) is 10.4 Å². The third-order valence-corrected chi connectivity index (χ3v) is 5.80. The number of phenolic OH excluding ortho intramolecular Hbond substituents is 1. The van der Waals surface area contributed by atoms with Crippen LogP contribution in [0.2, 0.25) is 10.0 Å². The number of aryl methyl sites for hydroxylation is 1. The van der Waals surface area contributed by atoms with Gasteiger partial charge < -0.3 is 9.84 Å². The van der Waals surface area contributed by atoms with E-state index in [1.165, 1.54) is 23.5 Å². The van der Waals surface area contributed by atoms with E-state index in [1.54, 1.807) is 54.2 Å². The topological polar surface area (TPSA) is 76.7 Å². The van der Waals surface area contributed by atoms with Crippen LogP contribution in [-0.4, -0.2) is 20.9 Å². The number of hydrogen-bond acceptors (Lipinski definition) is 6. The number of halogens is 2. The molecular weight excluding hydrogens is 457 g/mol. The first-order valence-corrected chi connectivity index (χ1v) is 10.6. The zero-order valence-corrected chi connectivity index (χ0v) is 18.4. The standard InChI is InChI=1S/C22H15Cl2N3O3S/c1-27-22(31-20(26-27)13-2-4-14(23)5-3-13)25-16-8-11-19(28)18(12-16)21(29)30-17-9-6-15(24)7-10-17/h2-12,28H,1H3. The van der Waals surface area contributed by atoms with Crippen LogP contribution in [0.25, 0.3) is 10.6 Å². The second-order valence-electron chi connectivity index (χ2n) is 6.48. The Kier molecular flexibility index (Phi) is 6.08. The molecule has 3 aromatic carbocycles. The van der Waals surface area contributed by atoms with E-state index in [2.05, 4.69) is 10.1 Å². The Morgan fingerprint density at radius 2 is 1.68 bits per heavy atom. The molecule has 9 heteroatoms. The summed E-state index contributed by atoms with van der Waals surface area (Å²) < 4.78 is 6.96. The summed E-state index contributed by atoms with van der Waals surface area (Å²) in [5.74, 6) is -0.585. The van der Waals surface area contributed by atoms with Gasteiger partial charge in [0, 0.05) is 22.7 Å². The summed E-state index contributed by atoms with van der Waals surface area (Å²) in [4.78, 5) is 17.7. The molecule has 0 atom stereocenters. The van der Waals surface area contributed by atoms with Crippen molar-refractivity contribution in [1.29, 1.82) is 0 Å². The highest BCUT2D eigenvalue weighted by atomic mass is 35.5. The molecule has 0 saturated carbocycles. The van der Waals surface area contributed by atoms with Crippen LogP contribution in [0, 0.1) is 0 Å². The molecule has 1 N–H and O–H groups in total. The fraction of sp³-hybridized carbons (Fsp3) is 0.0455. The van der Waals surface area contributed by atoms with Crippen molar-refractivity contribution in [1.82, 2.24) is 9.78 Å². The van der Waals surface area contributed by atoms with Crippen molar-refractivity contribution in [3.8, 4) is 22.1 Å². The van der Waals surface area contributed by atoms with Crippen molar-refractivity contribution in [3.05, 3.63) is 87.1 Å². The Morgan fingerprint density at radius 1 is 1.03 bits per heavy atom. The minimum Gasteiger partial charge on any atom is -0.507 e. The van der Waals surface area contributed by atoms with E-state index in [4.69, 9.17) is 27.9 Å². The second kappa shape index (κ2) is 8.93. The molecule has 31 heavy (non-hydrogen) atoms. The van der Waals surface area contributed by atoms with Crippen LogP contribution in [0.4, 0.5) is 5.69 Å². The Bertz CT molecular complexity index is 1310. The van der Waals surface area contributed by atoms with Crippen molar-refractivity contribution < 1.29 is 14.6 Å². The highest BCUT2D eigenvalue weighted by molar-refractivity contribution is 7.12. The van der Waals surface area contributed by atoms with Gasteiger partial charge in [-0.2, -0.15) is 5.10 Å². The molecule has 0 spiro atoms. The number of ether oxygens (including phenoxy) is 1. The molecule has 6 nitrogen and oxygen atoms in total. The highest BCUT2D eigenvalue weighted by Crippen LogP contribution is 2.26. The molecule has 0 bridgehead atoms. The molecule has 4 rings (SSSR count). The van der Waals surface area contributed by atoms with Crippen LogP contribution < -0.4 is 9.54 Å². The average Bonchev–Trinajstić information content (AvgIpc) is 3.11. The number of benzene rings is 3. The SMILES string of the molecule is Cn1nc(-c2ccc(Cl)cc2)sc1=Nc1ccc(O)c(C(=O)Oc2ccc(Cl)cc2)c1. The molecule has 0 aliphatic heterocycles. The summed E-state index contributed by atoms with van der Waals surface area (Å²) >= 11 is 13.2. The van der Waals surface area contributed by atoms with Gasteiger partial charge in [-0.3, -0.25) is 0 Å². The van der Waals surface area contributed by atoms with Crippen LogP contribution in [0.5, 0.6) is 11.5 Å². The Morgan fingerprint density at radius 3 is 2.35 bits per heavy atom. The van der Waals surface area contributed by atoms with Gasteiger partial charge in [0.2, 0.25) is 4.80 Å². The molecule has 0 saturated heterocycles. The second-order valence-corrected chi connectivity index (χ2v) is 8.31. The van der Waals surface area contributed by atoms with Crippen molar-refractivity contribution in [2.75, 3.05) is 0 Å². The lowest BCUT2D eigenvalue weighted by molar-refractivity contribution is 0.0731. The van der Waals surface area contributed by atoms with Crippen molar-refractivity contribution in [2.45, 2.75) is 0 Å². The lowest BCUT2D eigenvalue weighted by Gasteiger charge is -2.06. The summed E-state index contributed by atoms with van der Waals surface area (Å²) in [5, 5.41) is 16.6. The van der Waals surface area contributed by atoms with Gasteiger partial charge in [-0.05, 0) is 54.6 Å². The van der Waals surface area contributed by atoms with Crippen molar-refractivity contribution in [3.63, 3.8) is 0 Å². The molecule has 0 fully saturated rings. The fourth-order valence-electron chi connectivity index (χ4n) is 2.69. The maximum atomic E-state index is 12.5. The van der Waals surface area contributed by atoms with Crippen molar-refractivity contribution in [2.24, 2.45) is 12.0 Å². The number of hydrogen-bond donors (Lipinski definition) is 1. The van der Waals surface area contributed by atoms with Gasteiger partial charge in [0.25, 0.3) is 0 Å². The molecule has 0 aliphatic carbocycles. The van der Waals surface area contributed by atoms with Gasteiger partial charge in [0.1, 0.15) is 22.1 Å². The van der Waals surface area contributed by atoms with Crippen LogP contribution in [0.3, 0.4) is 0 Å². The summed E-state index contributed by atoms with van der Waals surface area (Å²) in [6, 6.07) is 18.2. The Balaban J connectivity index is 1.64. The average molecular weight is 472 g/mol. The van der Waals surface area contributed by atoms with E-state index in [9.17, 15) is 9.90 Å². The van der Waals surface area contributed by atoms with Crippen molar-refractivity contribution >= 4 is 46.2 Å². The zero-order valence-electron chi connectivity index (χ0n) is 16.1.